The first-order valence-corrected chi connectivity index (χ1v) is 9.80. The van der Waals surface area contributed by atoms with Crippen LogP contribution in [0.3, 0.4) is 0 Å². The number of nitrogens with zero attached hydrogens (tertiary/aromatic N) is 2. The van der Waals surface area contributed by atoms with Crippen molar-refractivity contribution < 1.29 is 9.59 Å². The summed E-state index contributed by atoms with van der Waals surface area (Å²) >= 11 is 1.47. The number of rotatable bonds is 3. The number of aryl methyl sites for hydroxylation is 2. The van der Waals surface area contributed by atoms with E-state index in [9.17, 15) is 9.59 Å². The predicted octanol–water partition coefficient (Wildman–Crippen LogP) is 2.76. The number of fused-ring (bicyclic) bond motifs is 1. The lowest BCUT2D eigenvalue weighted by atomic mass is 10.0. The molecule has 4 nitrogen and oxygen atoms in total. The van der Waals surface area contributed by atoms with Gasteiger partial charge in [0.05, 0.1) is 11.3 Å². The van der Waals surface area contributed by atoms with Crippen molar-refractivity contribution in [2.75, 3.05) is 26.2 Å². The van der Waals surface area contributed by atoms with Crippen molar-refractivity contribution in [2.24, 2.45) is 0 Å². The maximum absolute atomic E-state index is 12.6. The van der Waals surface area contributed by atoms with Crippen LogP contribution >= 0.6 is 11.3 Å². The zero-order chi connectivity index (χ0) is 17.2. The second kappa shape index (κ2) is 7.00. The van der Waals surface area contributed by atoms with Gasteiger partial charge in [-0.25, -0.2) is 0 Å². The van der Waals surface area contributed by atoms with Gasteiger partial charge in [0.2, 0.25) is 5.91 Å². The summed E-state index contributed by atoms with van der Waals surface area (Å²) in [4.78, 5) is 29.5. The van der Waals surface area contributed by atoms with E-state index < -0.39 is 0 Å². The number of hydrogen-bond acceptors (Lipinski definition) is 3. The van der Waals surface area contributed by atoms with E-state index in [0.717, 1.165) is 16.9 Å². The van der Waals surface area contributed by atoms with Crippen molar-refractivity contribution in [1.82, 2.24) is 9.80 Å². The number of piperazine rings is 1. The lowest BCUT2D eigenvalue weighted by Crippen LogP contribution is -2.50. The molecular formula is C20H22N2O2S. The first kappa shape index (κ1) is 16.3. The zero-order valence-electron chi connectivity index (χ0n) is 14.2. The third-order valence-corrected chi connectivity index (χ3v) is 6.03. The summed E-state index contributed by atoms with van der Waals surface area (Å²) < 4.78 is 0. The fraction of sp³-hybridized carbons (Fsp3) is 0.400. The summed E-state index contributed by atoms with van der Waals surface area (Å²) in [6.45, 7) is 2.49. The Morgan fingerprint density at radius 1 is 0.960 bits per heavy atom. The molecule has 0 N–H and O–H groups in total. The number of carbonyl (C=O) groups is 2. The highest BCUT2D eigenvalue weighted by atomic mass is 32.1. The molecule has 1 aliphatic heterocycles. The van der Waals surface area contributed by atoms with Crippen molar-refractivity contribution in [3.63, 3.8) is 0 Å². The van der Waals surface area contributed by atoms with Gasteiger partial charge in [0.25, 0.3) is 5.91 Å². The lowest BCUT2D eigenvalue weighted by Gasteiger charge is -2.34. The third kappa shape index (κ3) is 3.47. The smallest absolute Gasteiger partial charge is 0.264 e. The molecule has 0 radical (unpaired) electrons. The van der Waals surface area contributed by atoms with E-state index in [0.29, 0.717) is 32.6 Å². The van der Waals surface area contributed by atoms with Crippen LogP contribution in [0.25, 0.3) is 0 Å². The van der Waals surface area contributed by atoms with Crippen molar-refractivity contribution in [1.29, 1.82) is 0 Å². The van der Waals surface area contributed by atoms with E-state index in [1.807, 2.05) is 27.3 Å². The maximum Gasteiger partial charge on any atom is 0.264 e. The van der Waals surface area contributed by atoms with Crippen LogP contribution < -0.4 is 0 Å². The number of benzene rings is 1. The Morgan fingerprint density at radius 2 is 1.72 bits per heavy atom. The van der Waals surface area contributed by atoms with E-state index in [1.165, 1.54) is 35.3 Å². The van der Waals surface area contributed by atoms with E-state index in [4.69, 9.17) is 0 Å². The summed E-state index contributed by atoms with van der Waals surface area (Å²) in [6, 6.07) is 10.2. The monoisotopic (exact) mass is 354 g/mol. The fourth-order valence-corrected chi connectivity index (χ4v) is 4.43. The molecular weight excluding hydrogens is 332 g/mol. The molecule has 4 rings (SSSR count). The summed E-state index contributed by atoms with van der Waals surface area (Å²) in [5, 5.41) is 1.92. The SMILES string of the molecule is O=C(Cc1ccc2c(c1)CCC2)N1CCN(C(=O)c2cccs2)CC1. The lowest BCUT2D eigenvalue weighted by molar-refractivity contribution is -0.131. The van der Waals surface area contributed by atoms with E-state index in [2.05, 4.69) is 18.2 Å². The average molecular weight is 354 g/mol. The molecule has 2 aromatic rings. The number of carbonyl (C=O) groups excluding carboxylic acids is 2. The molecule has 5 heteroatoms. The zero-order valence-corrected chi connectivity index (χ0v) is 15.1. The largest absolute Gasteiger partial charge is 0.339 e. The van der Waals surface area contributed by atoms with Gasteiger partial charge in [-0.15, -0.1) is 11.3 Å². The molecule has 2 heterocycles. The highest BCUT2D eigenvalue weighted by Gasteiger charge is 2.25. The van der Waals surface area contributed by atoms with Crippen molar-refractivity contribution >= 4 is 23.2 Å². The van der Waals surface area contributed by atoms with Crippen molar-refractivity contribution in [3.05, 3.63) is 57.3 Å². The van der Waals surface area contributed by atoms with Crippen LogP contribution in [-0.4, -0.2) is 47.8 Å². The number of thiophene rings is 1. The Balaban J connectivity index is 1.33. The normalized spacial score (nSPS) is 16.8. The van der Waals surface area contributed by atoms with E-state index in [-0.39, 0.29) is 11.8 Å². The van der Waals surface area contributed by atoms with Gasteiger partial charge >= 0.3 is 0 Å². The molecule has 0 unspecified atom stereocenters. The van der Waals surface area contributed by atoms with Crippen LogP contribution in [-0.2, 0) is 24.1 Å². The van der Waals surface area contributed by atoms with Gasteiger partial charge in [-0.2, -0.15) is 0 Å². The van der Waals surface area contributed by atoms with E-state index in [1.54, 1.807) is 0 Å². The molecule has 1 aliphatic carbocycles. The quantitative estimate of drug-likeness (QED) is 0.850. The predicted molar refractivity (Wildman–Crippen MR) is 99.0 cm³/mol. The minimum Gasteiger partial charge on any atom is -0.339 e. The number of amides is 2. The summed E-state index contributed by atoms with van der Waals surface area (Å²) in [7, 11) is 0. The van der Waals surface area contributed by atoms with Gasteiger partial charge in [0.15, 0.2) is 0 Å². The third-order valence-electron chi connectivity index (χ3n) is 5.17. The average Bonchev–Trinajstić information content (AvgIpc) is 3.32. The fourth-order valence-electron chi connectivity index (χ4n) is 3.74. The molecule has 1 saturated heterocycles. The topological polar surface area (TPSA) is 40.6 Å². The standard InChI is InChI=1S/C20H22N2O2S/c23-19(14-15-6-7-16-3-1-4-17(16)13-15)21-8-10-22(11-9-21)20(24)18-5-2-12-25-18/h2,5-7,12-13H,1,3-4,8-11,14H2. The molecule has 2 amide bonds. The second-order valence-electron chi connectivity index (χ2n) is 6.78. The van der Waals surface area contributed by atoms with Crippen molar-refractivity contribution in [3.8, 4) is 0 Å². The molecule has 0 saturated carbocycles. The first-order chi connectivity index (χ1) is 12.2. The van der Waals surface area contributed by atoms with Crippen LogP contribution in [0.1, 0.15) is 32.8 Å². The molecule has 1 fully saturated rings. The molecule has 1 aromatic heterocycles. The van der Waals surface area contributed by atoms with Gasteiger partial charge in [-0.1, -0.05) is 24.3 Å². The van der Waals surface area contributed by atoms with Crippen LogP contribution in [0.2, 0.25) is 0 Å². The van der Waals surface area contributed by atoms with Crippen LogP contribution in [0, 0.1) is 0 Å². The first-order valence-electron chi connectivity index (χ1n) is 8.92. The van der Waals surface area contributed by atoms with Gasteiger partial charge in [0.1, 0.15) is 0 Å². The van der Waals surface area contributed by atoms with Gasteiger partial charge in [-0.3, -0.25) is 9.59 Å². The number of hydrogen-bond donors (Lipinski definition) is 0. The van der Waals surface area contributed by atoms with Gasteiger partial charge in [-0.05, 0) is 47.4 Å². The summed E-state index contributed by atoms with van der Waals surface area (Å²) in [5.74, 6) is 0.252. The molecule has 1 aromatic carbocycles. The molecule has 25 heavy (non-hydrogen) atoms. The molecule has 0 atom stereocenters. The maximum atomic E-state index is 12.6. The minimum absolute atomic E-state index is 0.0840. The van der Waals surface area contributed by atoms with Crippen molar-refractivity contribution in [2.45, 2.75) is 25.7 Å². The Kier molecular flexibility index (Phi) is 4.57. The Labute approximate surface area is 152 Å². The highest BCUT2D eigenvalue weighted by Crippen LogP contribution is 2.23. The second-order valence-corrected chi connectivity index (χ2v) is 7.73. The highest BCUT2D eigenvalue weighted by molar-refractivity contribution is 7.12. The van der Waals surface area contributed by atoms with E-state index >= 15 is 0 Å². The molecule has 0 bridgehead atoms. The van der Waals surface area contributed by atoms with Gasteiger partial charge < -0.3 is 9.80 Å². The van der Waals surface area contributed by atoms with Crippen LogP contribution in [0.4, 0.5) is 0 Å². The Bertz CT molecular complexity index is 777. The van der Waals surface area contributed by atoms with Crippen LogP contribution in [0.5, 0.6) is 0 Å². The summed E-state index contributed by atoms with van der Waals surface area (Å²) in [5.41, 5.74) is 3.97. The molecule has 0 spiro atoms. The Hall–Kier alpha value is -2.14. The summed E-state index contributed by atoms with van der Waals surface area (Å²) in [6.07, 6.45) is 4.00. The van der Waals surface area contributed by atoms with Gasteiger partial charge in [0, 0.05) is 26.2 Å². The Morgan fingerprint density at radius 3 is 2.48 bits per heavy atom. The van der Waals surface area contributed by atoms with Crippen LogP contribution in [0.15, 0.2) is 35.7 Å². The molecule has 130 valence electrons. The minimum atomic E-state index is 0.0840. The molecule has 2 aliphatic rings.